The summed E-state index contributed by atoms with van der Waals surface area (Å²) in [6, 6.07) is 9.59. The Kier molecular flexibility index (Phi) is 5.57. The summed E-state index contributed by atoms with van der Waals surface area (Å²) in [6.45, 7) is 6.54. The number of para-hydroxylation sites is 1. The van der Waals surface area contributed by atoms with Gasteiger partial charge in [0.2, 0.25) is 0 Å². The molecule has 3 N–H and O–H groups in total. The van der Waals surface area contributed by atoms with Crippen molar-refractivity contribution in [3.63, 3.8) is 0 Å². The molecular weight excluding hydrogens is 274 g/mol. The molecule has 0 saturated heterocycles. The van der Waals surface area contributed by atoms with Crippen molar-refractivity contribution in [2.75, 3.05) is 5.32 Å². The van der Waals surface area contributed by atoms with Gasteiger partial charge >= 0.3 is 0 Å². The molecule has 4 nitrogen and oxygen atoms in total. The average molecular weight is 300 g/mol. The molecule has 0 unspecified atom stereocenters. The van der Waals surface area contributed by atoms with Crippen molar-refractivity contribution in [2.24, 2.45) is 11.8 Å². The van der Waals surface area contributed by atoms with Gasteiger partial charge in [0, 0.05) is 5.92 Å². The number of carbonyl (C=O) groups is 1. The Morgan fingerprint density at radius 1 is 1.36 bits per heavy atom. The van der Waals surface area contributed by atoms with Gasteiger partial charge in [0.05, 0.1) is 17.3 Å². The Morgan fingerprint density at radius 2 is 2.09 bits per heavy atom. The number of rotatable bonds is 4. The second kappa shape index (κ2) is 7.42. The molecule has 4 atom stereocenters. The minimum Gasteiger partial charge on any atom is -0.334 e. The maximum absolute atomic E-state index is 12.4. The van der Waals surface area contributed by atoms with E-state index in [0.29, 0.717) is 23.2 Å². The quantitative estimate of drug-likeness (QED) is 0.895. The average Bonchev–Trinajstić information content (AvgIpc) is 2.52. The summed E-state index contributed by atoms with van der Waals surface area (Å²) in [5, 5.41) is 14.2. The van der Waals surface area contributed by atoms with Crippen LogP contribution >= 0.6 is 0 Å². The molecule has 1 aromatic carbocycles. The first kappa shape index (κ1) is 16.5. The molecule has 0 aromatic heterocycles. The second-order valence-corrected chi connectivity index (χ2v) is 6.56. The van der Waals surface area contributed by atoms with Gasteiger partial charge in [-0.3, -0.25) is 4.79 Å². The van der Waals surface area contributed by atoms with Crippen LogP contribution in [0, 0.1) is 23.2 Å². The van der Waals surface area contributed by atoms with Crippen molar-refractivity contribution in [3.05, 3.63) is 29.8 Å². The highest BCUT2D eigenvalue weighted by Crippen LogP contribution is 2.27. The molecule has 22 heavy (non-hydrogen) atoms. The van der Waals surface area contributed by atoms with E-state index >= 15 is 0 Å². The van der Waals surface area contributed by atoms with Crippen LogP contribution in [-0.4, -0.2) is 18.0 Å². The number of benzene rings is 1. The summed E-state index contributed by atoms with van der Waals surface area (Å²) in [5.74, 6) is 1.33. The number of hydrogen-bond acceptors (Lipinski definition) is 2. The molecule has 1 amide bonds. The number of nitrogens with one attached hydrogen (secondary N) is 1. The Morgan fingerprint density at radius 3 is 2.82 bits per heavy atom. The molecule has 0 radical (unpaired) electrons. The minimum atomic E-state index is -0.149. The molecule has 0 heterocycles. The number of quaternary nitrogens is 1. The summed E-state index contributed by atoms with van der Waals surface area (Å²) in [6.07, 6.45) is 3.72. The standard InChI is InChI=1S/C18H25N3O/c1-12-7-6-10-16(13(12)2)20-14(3)18(22)21-17-9-5-4-8-15(17)11-19/h4-5,8-9,12-14,16,20H,6-7,10H2,1-3H3,(H,21,22)/p+1/t12-,13+,14-,16-/m0/s1. The number of nitriles is 1. The van der Waals surface area contributed by atoms with Gasteiger partial charge in [-0.1, -0.05) is 26.0 Å². The molecule has 0 aliphatic heterocycles. The fourth-order valence-electron chi connectivity index (χ4n) is 3.29. The molecular formula is C18H26N3O+. The van der Waals surface area contributed by atoms with E-state index in [1.54, 1.807) is 18.2 Å². The lowest BCUT2D eigenvalue weighted by atomic mass is 9.78. The number of nitrogens with two attached hydrogens (primary N) is 1. The molecule has 1 aromatic rings. The van der Waals surface area contributed by atoms with E-state index in [4.69, 9.17) is 5.26 Å². The third-order valence-electron chi connectivity index (χ3n) is 5.02. The van der Waals surface area contributed by atoms with Crippen LogP contribution in [-0.2, 0) is 4.79 Å². The number of anilines is 1. The van der Waals surface area contributed by atoms with Gasteiger partial charge in [-0.05, 0) is 44.2 Å². The third kappa shape index (κ3) is 3.86. The molecule has 2 rings (SSSR count). The topological polar surface area (TPSA) is 69.5 Å². The summed E-state index contributed by atoms with van der Waals surface area (Å²) in [7, 11) is 0. The summed E-state index contributed by atoms with van der Waals surface area (Å²) >= 11 is 0. The van der Waals surface area contributed by atoms with Crippen molar-refractivity contribution >= 4 is 11.6 Å². The summed E-state index contributed by atoms with van der Waals surface area (Å²) < 4.78 is 0. The van der Waals surface area contributed by atoms with Gasteiger partial charge in [-0.15, -0.1) is 0 Å². The SMILES string of the molecule is C[C@H]1[C@@H]([NH2+][C@@H](C)C(=O)Nc2ccccc2C#N)CCC[C@@H]1C. The lowest BCUT2D eigenvalue weighted by Crippen LogP contribution is -2.97. The largest absolute Gasteiger partial charge is 0.334 e. The van der Waals surface area contributed by atoms with Gasteiger partial charge in [-0.2, -0.15) is 5.26 Å². The Labute approximate surface area is 132 Å². The highest BCUT2D eigenvalue weighted by atomic mass is 16.2. The highest BCUT2D eigenvalue weighted by Gasteiger charge is 2.32. The predicted octanol–water partition coefficient (Wildman–Crippen LogP) is 2.27. The van der Waals surface area contributed by atoms with E-state index in [1.165, 1.54) is 19.3 Å². The molecule has 1 saturated carbocycles. The van der Waals surface area contributed by atoms with Crippen LogP contribution in [0.1, 0.15) is 45.6 Å². The van der Waals surface area contributed by atoms with Crippen LogP contribution in [0.25, 0.3) is 0 Å². The first-order chi connectivity index (χ1) is 10.5. The van der Waals surface area contributed by atoms with Gasteiger partial charge in [0.15, 0.2) is 6.04 Å². The number of nitrogens with zero attached hydrogens (tertiary/aromatic N) is 1. The van der Waals surface area contributed by atoms with Gasteiger partial charge in [0.1, 0.15) is 6.07 Å². The molecule has 1 fully saturated rings. The van der Waals surface area contributed by atoms with Crippen LogP contribution in [0.4, 0.5) is 5.69 Å². The predicted molar refractivity (Wildman–Crippen MR) is 87.1 cm³/mol. The monoisotopic (exact) mass is 300 g/mol. The summed E-state index contributed by atoms with van der Waals surface area (Å²) in [5.41, 5.74) is 1.10. The highest BCUT2D eigenvalue weighted by molar-refractivity contribution is 5.94. The normalized spacial score (nSPS) is 26.0. The van der Waals surface area contributed by atoms with Crippen LogP contribution in [0.5, 0.6) is 0 Å². The lowest BCUT2D eigenvalue weighted by molar-refractivity contribution is -0.715. The number of carbonyl (C=O) groups excluding carboxylic acids is 1. The molecule has 1 aliphatic rings. The Bertz CT molecular complexity index is 564. The van der Waals surface area contributed by atoms with Crippen molar-refractivity contribution in [2.45, 2.75) is 52.1 Å². The minimum absolute atomic E-state index is 0.0341. The number of amides is 1. The van der Waals surface area contributed by atoms with Crippen molar-refractivity contribution < 1.29 is 10.1 Å². The molecule has 1 aliphatic carbocycles. The number of hydrogen-bond donors (Lipinski definition) is 2. The third-order valence-corrected chi connectivity index (χ3v) is 5.02. The first-order valence-electron chi connectivity index (χ1n) is 8.18. The fourth-order valence-corrected chi connectivity index (χ4v) is 3.29. The lowest BCUT2D eigenvalue weighted by Gasteiger charge is -2.33. The summed E-state index contributed by atoms with van der Waals surface area (Å²) in [4.78, 5) is 12.4. The van der Waals surface area contributed by atoms with Gasteiger partial charge in [0.25, 0.3) is 5.91 Å². The van der Waals surface area contributed by atoms with Crippen LogP contribution in [0.2, 0.25) is 0 Å². The van der Waals surface area contributed by atoms with Gasteiger partial charge in [-0.25, -0.2) is 0 Å². The van der Waals surface area contributed by atoms with Crippen LogP contribution < -0.4 is 10.6 Å². The van der Waals surface area contributed by atoms with Crippen molar-refractivity contribution in [1.29, 1.82) is 5.26 Å². The Hall–Kier alpha value is -1.86. The maximum Gasteiger partial charge on any atom is 0.282 e. The smallest absolute Gasteiger partial charge is 0.282 e. The zero-order chi connectivity index (χ0) is 16.1. The van der Waals surface area contributed by atoms with Crippen LogP contribution in [0.15, 0.2) is 24.3 Å². The van der Waals surface area contributed by atoms with Crippen LogP contribution in [0.3, 0.4) is 0 Å². The van der Waals surface area contributed by atoms with E-state index in [0.717, 1.165) is 5.92 Å². The fraction of sp³-hybridized carbons (Fsp3) is 0.556. The van der Waals surface area contributed by atoms with E-state index < -0.39 is 0 Å². The molecule has 0 bridgehead atoms. The van der Waals surface area contributed by atoms with Crippen molar-refractivity contribution in [1.82, 2.24) is 0 Å². The van der Waals surface area contributed by atoms with E-state index in [1.807, 2.05) is 13.0 Å². The molecule has 0 spiro atoms. The zero-order valence-corrected chi connectivity index (χ0v) is 13.7. The Balaban J connectivity index is 1.96. The van der Waals surface area contributed by atoms with Gasteiger partial charge < -0.3 is 10.6 Å². The first-order valence-corrected chi connectivity index (χ1v) is 8.18. The second-order valence-electron chi connectivity index (χ2n) is 6.56. The maximum atomic E-state index is 12.4. The van der Waals surface area contributed by atoms with E-state index in [-0.39, 0.29) is 11.9 Å². The van der Waals surface area contributed by atoms with Crippen molar-refractivity contribution in [3.8, 4) is 6.07 Å². The molecule has 4 heteroatoms. The zero-order valence-electron chi connectivity index (χ0n) is 13.7. The molecule has 118 valence electrons. The van der Waals surface area contributed by atoms with E-state index in [2.05, 4.69) is 30.6 Å². The van der Waals surface area contributed by atoms with E-state index in [9.17, 15) is 4.79 Å².